The van der Waals surface area contributed by atoms with Gasteiger partial charge in [-0.05, 0) is 101 Å². The van der Waals surface area contributed by atoms with Crippen LogP contribution in [0.3, 0.4) is 0 Å². The zero-order valence-corrected chi connectivity index (χ0v) is 39.5. The van der Waals surface area contributed by atoms with Crippen LogP contribution in [0.1, 0.15) is 58.5 Å². The van der Waals surface area contributed by atoms with E-state index in [2.05, 4.69) is 21.7 Å². The van der Waals surface area contributed by atoms with Gasteiger partial charge >= 0.3 is 5.97 Å². The standard InChI is InChI=1S/C49H43Cl2N5O9S2/c1-4-45(57)55-49-53-28(2)48(66-49)67(60,61)56-25-36-23-43-42(64-27-44(65-43)34-14-16-37(17-15-34)63-26-31-9-18-38(50)39(51)19-31)22-35(36)21-41(56)46(58)54-40(47(59)62-3)20-29-5-10-32(11-6-29)33-12-7-30(24-52)8-13-33/h5-19,22-23,40-41,44H,4,20-21,25-27H2,1-3H3,(H,54,58)(H,53,55,57)/t40-,41-,44?/m0/s1. The Balaban J connectivity index is 1.04. The number of nitriles is 1. The van der Waals surface area contributed by atoms with E-state index in [9.17, 15) is 28.1 Å². The lowest BCUT2D eigenvalue weighted by Gasteiger charge is -2.36. The van der Waals surface area contributed by atoms with Gasteiger partial charge in [0.15, 0.2) is 26.9 Å². The highest BCUT2D eigenvalue weighted by molar-refractivity contribution is 7.91. The van der Waals surface area contributed by atoms with E-state index in [0.29, 0.717) is 49.5 Å². The molecule has 6 aromatic rings. The summed E-state index contributed by atoms with van der Waals surface area (Å²) in [6.45, 7) is 3.41. The number of hydrogen-bond donors (Lipinski definition) is 2. The van der Waals surface area contributed by atoms with Crippen molar-refractivity contribution in [1.82, 2.24) is 14.6 Å². The summed E-state index contributed by atoms with van der Waals surface area (Å²) < 4.78 is 54.3. The Bertz CT molecular complexity index is 3000. The number of aryl methyl sites for hydroxylation is 1. The normalized spacial score (nSPS) is 15.9. The Hall–Kier alpha value is -6.48. The van der Waals surface area contributed by atoms with Crippen LogP contribution in [-0.4, -0.2) is 61.3 Å². The molecule has 2 aliphatic heterocycles. The maximum Gasteiger partial charge on any atom is 0.328 e. The molecule has 1 aromatic heterocycles. The van der Waals surface area contributed by atoms with Gasteiger partial charge in [0.25, 0.3) is 10.0 Å². The second kappa shape index (κ2) is 20.2. The first-order valence-corrected chi connectivity index (χ1v) is 24.1. The van der Waals surface area contributed by atoms with Crippen molar-refractivity contribution < 1.29 is 41.7 Å². The number of benzene rings is 5. The highest BCUT2D eigenvalue weighted by atomic mass is 35.5. The number of rotatable bonds is 14. The summed E-state index contributed by atoms with van der Waals surface area (Å²) in [6.07, 6.45) is -0.373. The molecule has 2 aliphatic rings. The third-order valence-electron chi connectivity index (χ3n) is 11.4. The van der Waals surface area contributed by atoms with E-state index in [1.807, 2.05) is 66.7 Å². The fourth-order valence-electron chi connectivity index (χ4n) is 7.74. The Morgan fingerprint density at radius 3 is 2.28 bits per heavy atom. The number of sulfonamides is 1. The summed E-state index contributed by atoms with van der Waals surface area (Å²) in [5.74, 6) is -0.328. The Kier molecular flexibility index (Phi) is 14.2. The predicted octanol–water partition coefficient (Wildman–Crippen LogP) is 8.75. The van der Waals surface area contributed by atoms with Crippen molar-refractivity contribution >= 4 is 67.5 Å². The number of carbonyl (C=O) groups excluding carboxylic acids is 3. The van der Waals surface area contributed by atoms with Gasteiger partial charge in [-0.15, -0.1) is 0 Å². The minimum absolute atomic E-state index is 0.0465. The fraction of sp³-hybridized carbons (Fsp3) is 0.245. The van der Waals surface area contributed by atoms with Crippen LogP contribution in [0.4, 0.5) is 5.13 Å². The molecular formula is C49H43Cl2N5O9S2. The molecule has 3 heterocycles. The zero-order chi connectivity index (χ0) is 47.4. The van der Waals surface area contributed by atoms with Crippen LogP contribution in [0.2, 0.25) is 10.0 Å². The quantitative estimate of drug-likeness (QED) is 0.0995. The molecule has 5 aromatic carbocycles. The van der Waals surface area contributed by atoms with Crippen LogP contribution in [0.5, 0.6) is 17.2 Å². The monoisotopic (exact) mass is 979 g/mol. The number of ether oxygens (including phenoxy) is 4. The van der Waals surface area contributed by atoms with Crippen molar-refractivity contribution in [3.05, 3.63) is 152 Å². The molecule has 0 saturated heterocycles. The molecule has 2 N–H and O–H groups in total. The van der Waals surface area contributed by atoms with E-state index in [-0.39, 0.29) is 60.0 Å². The number of amides is 2. The topological polar surface area (TPSA) is 186 Å². The van der Waals surface area contributed by atoms with Crippen molar-refractivity contribution in [2.24, 2.45) is 0 Å². The molecule has 18 heteroatoms. The van der Waals surface area contributed by atoms with E-state index in [1.165, 1.54) is 14.0 Å². The van der Waals surface area contributed by atoms with E-state index in [4.69, 9.17) is 42.1 Å². The number of fused-ring (bicyclic) bond motifs is 2. The third-order valence-corrected chi connectivity index (χ3v) is 15.6. The molecular weight excluding hydrogens is 938 g/mol. The van der Waals surface area contributed by atoms with Crippen LogP contribution in [0.15, 0.2) is 107 Å². The molecule has 8 rings (SSSR count). The van der Waals surface area contributed by atoms with Crippen LogP contribution in [0, 0.1) is 18.3 Å². The first-order chi connectivity index (χ1) is 32.2. The summed E-state index contributed by atoms with van der Waals surface area (Å²) in [6, 6.07) is 30.3. The lowest BCUT2D eigenvalue weighted by molar-refractivity contribution is -0.145. The van der Waals surface area contributed by atoms with Crippen LogP contribution in [0.25, 0.3) is 11.1 Å². The first kappa shape index (κ1) is 47.0. The highest BCUT2D eigenvalue weighted by Gasteiger charge is 2.43. The number of aromatic nitrogens is 1. The minimum atomic E-state index is -4.47. The van der Waals surface area contributed by atoms with Gasteiger partial charge in [-0.25, -0.2) is 18.2 Å². The van der Waals surface area contributed by atoms with Crippen molar-refractivity contribution in [3.8, 4) is 34.4 Å². The molecule has 14 nitrogen and oxygen atoms in total. The second-order valence-corrected chi connectivity index (χ2v) is 19.7. The molecule has 0 bridgehead atoms. The lowest BCUT2D eigenvalue weighted by Crippen LogP contribution is -2.56. The molecule has 0 spiro atoms. The molecule has 0 radical (unpaired) electrons. The minimum Gasteiger partial charge on any atom is -0.489 e. The number of carbonyl (C=O) groups is 3. The molecule has 0 fully saturated rings. The largest absolute Gasteiger partial charge is 0.489 e. The average Bonchev–Trinajstić information content (AvgIpc) is 3.72. The van der Waals surface area contributed by atoms with Gasteiger partial charge in [-0.2, -0.15) is 9.57 Å². The van der Waals surface area contributed by atoms with E-state index < -0.39 is 40.1 Å². The number of halogens is 2. The molecule has 0 aliphatic carbocycles. The van der Waals surface area contributed by atoms with Gasteiger partial charge in [0.1, 0.15) is 31.0 Å². The molecule has 344 valence electrons. The number of esters is 1. The predicted molar refractivity (Wildman–Crippen MR) is 253 cm³/mol. The number of nitrogens with one attached hydrogen (secondary N) is 2. The Labute approximate surface area is 401 Å². The Morgan fingerprint density at radius 2 is 1.61 bits per heavy atom. The molecule has 3 atom stereocenters. The third kappa shape index (κ3) is 10.6. The van der Waals surface area contributed by atoms with Crippen molar-refractivity contribution in [3.63, 3.8) is 0 Å². The van der Waals surface area contributed by atoms with Gasteiger partial charge in [0, 0.05) is 19.4 Å². The summed E-state index contributed by atoms with van der Waals surface area (Å²) in [5.41, 5.74) is 6.08. The average molecular weight is 981 g/mol. The van der Waals surface area contributed by atoms with Gasteiger partial charge < -0.3 is 29.6 Å². The number of nitrogens with zero attached hydrogens (tertiary/aromatic N) is 3. The highest BCUT2D eigenvalue weighted by Crippen LogP contribution is 2.43. The maximum atomic E-state index is 14.8. The lowest BCUT2D eigenvalue weighted by atomic mass is 9.93. The van der Waals surface area contributed by atoms with Gasteiger partial charge in [0.2, 0.25) is 11.8 Å². The first-order valence-electron chi connectivity index (χ1n) is 21.1. The fourth-order valence-corrected chi connectivity index (χ4v) is 11.2. The molecule has 0 saturated carbocycles. The number of methoxy groups -OCH3 is 1. The second-order valence-electron chi connectivity index (χ2n) is 15.8. The number of hydrogen-bond acceptors (Lipinski definition) is 12. The maximum absolute atomic E-state index is 14.8. The van der Waals surface area contributed by atoms with E-state index in [1.54, 1.807) is 43.3 Å². The van der Waals surface area contributed by atoms with Crippen molar-refractivity contribution in [2.45, 2.75) is 68.7 Å². The SMILES string of the molecule is CCC(=O)Nc1nc(C)c(S(=O)(=O)N2Cc3cc4c(cc3C[C@H]2C(=O)N[C@@H](Cc2ccc(-c3ccc(C#N)cc3)cc2)C(=O)OC)OCC(c2ccc(OCc3ccc(Cl)c(Cl)c3)cc2)O4)s1. The summed E-state index contributed by atoms with van der Waals surface area (Å²) in [5, 5.41) is 15.6. The van der Waals surface area contributed by atoms with Gasteiger partial charge in [-0.1, -0.05) is 96.1 Å². The van der Waals surface area contributed by atoms with Crippen LogP contribution < -0.4 is 24.8 Å². The smallest absolute Gasteiger partial charge is 0.328 e. The molecule has 2 amide bonds. The number of thiazole rings is 1. The van der Waals surface area contributed by atoms with Gasteiger partial charge in [-0.3, -0.25) is 9.59 Å². The number of anilines is 1. The summed E-state index contributed by atoms with van der Waals surface area (Å²) in [4.78, 5) is 44.4. The zero-order valence-electron chi connectivity index (χ0n) is 36.4. The molecule has 1 unspecified atom stereocenters. The van der Waals surface area contributed by atoms with E-state index in [0.717, 1.165) is 37.9 Å². The molecule has 67 heavy (non-hydrogen) atoms. The van der Waals surface area contributed by atoms with Crippen LogP contribution >= 0.6 is 34.5 Å². The summed E-state index contributed by atoms with van der Waals surface area (Å²) in [7, 11) is -3.25. The van der Waals surface area contributed by atoms with Crippen molar-refractivity contribution in [1.29, 1.82) is 5.26 Å². The van der Waals surface area contributed by atoms with Crippen LogP contribution in [-0.2, 0) is 55.1 Å². The van der Waals surface area contributed by atoms with E-state index >= 15 is 0 Å². The van der Waals surface area contributed by atoms with Gasteiger partial charge in [0.05, 0.1) is 34.5 Å². The van der Waals surface area contributed by atoms with Crippen molar-refractivity contribution in [2.75, 3.05) is 19.0 Å². The Morgan fingerprint density at radius 1 is 0.925 bits per heavy atom. The summed E-state index contributed by atoms with van der Waals surface area (Å²) >= 11 is 13.0.